The van der Waals surface area contributed by atoms with E-state index in [9.17, 15) is 4.79 Å². The Morgan fingerprint density at radius 1 is 0.745 bits per heavy atom. The van der Waals surface area contributed by atoms with Crippen molar-refractivity contribution in [2.75, 3.05) is 26.3 Å². The van der Waals surface area contributed by atoms with Crippen molar-refractivity contribution >= 4 is 5.91 Å². The first-order valence-corrected chi connectivity index (χ1v) is 16.9. The Morgan fingerprint density at radius 3 is 2.00 bits per heavy atom. The molecule has 0 aromatic heterocycles. The lowest BCUT2D eigenvalue weighted by molar-refractivity contribution is -0.185. The number of nitrogens with zero attached hydrogens (tertiary/aromatic N) is 2. The molecule has 1 spiro atoms. The summed E-state index contributed by atoms with van der Waals surface area (Å²) in [6, 6.07) is 30.8. The Morgan fingerprint density at radius 2 is 1.36 bits per heavy atom. The van der Waals surface area contributed by atoms with Gasteiger partial charge in [-0.3, -0.25) is 9.69 Å². The van der Waals surface area contributed by atoms with E-state index >= 15 is 0 Å². The van der Waals surface area contributed by atoms with E-state index in [4.69, 9.17) is 18.9 Å². The molecule has 3 heterocycles. The Bertz CT molecular complexity index is 1670. The van der Waals surface area contributed by atoms with Crippen LogP contribution in [0, 0.1) is 0 Å². The number of piperidine rings is 1. The van der Waals surface area contributed by atoms with Gasteiger partial charge >= 0.3 is 0 Å². The molecule has 3 aliphatic rings. The Kier molecular flexibility index (Phi) is 9.30. The summed E-state index contributed by atoms with van der Waals surface area (Å²) in [5.74, 6) is 1.06. The first kappa shape index (κ1) is 31.4. The van der Waals surface area contributed by atoms with Crippen LogP contribution in [0.3, 0.4) is 0 Å². The molecule has 7 rings (SSSR count). The molecule has 0 N–H and O–H groups in total. The normalized spacial score (nSPS) is 17.3. The van der Waals surface area contributed by atoms with Crippen molar-refractivity contribution in [3.63, 3.8) is 0 Å². The van der Waals surface area contributed by atoms with Gasteiger partial charge in [-0.25, -0.2) is 0 Å². The summed E-state index contributed by atoms with van der Waals surface area (Å²) >= 11 is 0. The molecule has 7 heteroatoms. The fourth-order valence-electron chi connectivity index (χ4n) is 6.87. The fourth-order valence-corrected chi connectivity index (χ4v) is 6.87. The molecule has 3 aliphatic heterocycles. The minimum absolute atomic E-state index is 0.0276. The van der Waals surface area contributed by atoms with Gasteiger partial charge in [0, 0.05) is 51.6 Å². The van der Waals surface area contributed by atoms with Crippen LogP contribution in [-0.2, 0) is 42.3 Å². The second kappa shape index (κ2) is 13.9. The summed E-state index contributed by atoms with van der Waals surface area (Å²) in [5, 5.41) is 0. The molecule has 0 radical (unpaired) electrons. The number of likely N-dealkylation sites (tertiary alicyclic amines) is 1. The lowest BCUT2D eigenvalue weighted by Crippen LogP contribution is -2.44. The quantitative estimate of drug-likeness (QED) is 0.181. The summed E-state index contributed by atoms with van der Waals surface area (Å²) in [6.45, 7) is 10.4. The van der Waals surface area contributed by atoms with Crippen LogP contribution in [0.1, 0.15) is 76.3 Å². The standard InChI is InChI=1S/C40H44N2O5/c1-29(2)35-22-36(38(45-28-31-11-7-4-8-12-31)23-37(35)44-27-30-9-5-3-6-10-30)39(43)42-25-33-14-13-32(21-34(33)26-42)24-41-17-15-40(16-18-41)46-19-20-47-40/h3-14,21-23,29H,15-20,24-28H2,1-2H3. The highest BCUT2D eigenvalue weighted by molar-refractivity contribution is 5.98. The van der Waals surface area contributed by atoms with Crippen molar-refractivity contribution in [2.24, 2.45) is 0 Å². The van der Waals surface area contributed by atoms with Gasteiger partial charge < -0.3 is 23.8 Å². The first-order chi connectivity index (χ1) is 22.9. The summed E-state index contributed by atoms with van der Waals surface area (Å²) in [4.78, 5) is 18.7. The number of amides is 1. The second-order valence-electron chi connectivity index (χ2n) is 13.2. The van der Waals surface area contributed by atoms with Crippen molar-refractivity contribution < 1.29 is 23.7 Å². The number of hydrogen-bond donors (Lipinski definition) is 0. The minimum Gasteiger partial charge on any atom is -0.488 e. The van der Waals surface area contributed by atoms with Gasteiger partial charge in [0.1, 0.15) is 24.7 Å². The highest BCUT2D eigenvalue weighted by Crippen LogP contribution is 2.37. The van der Waals surface area contributed by atoms with Crippen molar-refractivity contribution in [1.29, 1.82) is 0 Å². The summed E-state index contributed by atoms with van der Waals surface area (Å²) < 4.78 is 24.6. The van der Waals surface area contributed by atoms with Crippen LogP contribution in [-0.4, -0.2) is 47.8 Å². The number of carbonyl (C=O) groups is 1. The molecule has 1 amide bonds. The van der Waals surface area contributed by atoms with E-state index in [1.165, 1.54) is 16.7 Å². The zero-order valence-corrected chi connectivity index (χ0v) is 27.5. The zero-order chi connectivity index (χ0) is 32.2. The zero-order valence-electron chi connectivity index (χ0n) is 27.5. The van der Waals surface area contributed by atoms with E-state index in [0.29, 0.717) is 50.8 Å². The van der Waals surface area contributed by atoms with Crippen LogP contribution in [0.5, 0.6) is 11.5 Å². The molecule has 244 valence electrons. The van der Waals surface area contributed by atoms with Gasteiger partial charge in [0.2, 0.25) is 0 Å². The van der Waals surface area contributed by atoms with E-state index in [2.05, 4.69) is 49.1 Å². The largest absolute Gasteiger partial charge is 0.488 e. The predicted octanol–water partition coefficient (Wildman–Crippen LogP) is 7.46. The number of fused-ring (bicyclic) bond motifs is 1. The van der Waals surface area contributed by atoms with Crippen molar-refractivity contribution in [3.8, 4) is 11.5 Å². The number of rotatable bonds is 10. The number of benzene rings is 4. The Balaban J connectivity index is 1.09. The molecule has 0 saturated carbocycles. The number of carbonyl (C=O) groups excluding carboxylic acids is 1. The van der Waals surface area contributed by atoms with Gasteiger partial charge in [-0.2, -0.15) is 0 Å². The van der Waals surface area contributed by atoms with Gasteiger partial charge in [-0.05, 0) is 45.4 Å². The smallest absolute Gasteiger partial charge is 0.258 e. The van der Waals surface area contributed by atoms with Crippen LogP contribution in [0.25, 0.3) is 0 Å². The molecular formula is C40H44N2O5. The maximum absolute atomic E-state index is 14.3. The fraction of sp³-hybridized carbons (Fsp3) is 0.375. The average molecular weight is 633 g/mol. The number of ether oxygens (including phenoxy) is 4. The van der Waals surface area contributed by atoms with E-state index in [0.717, 1.165) is 54.9 Å². The molecule has 0 unspecified atom stereocenters. The predicted molar refractivity (Wildman–Crippen MR) is 181 cm³/mol. The molecule has 0 bridgehead atoms. The van der Waals surface area contributed by atoms with Crippen LogP contribution in [0.4, 0.5) is 0 Å². The SMILES string of the molecule is CC(C)c1cc(C(=O)N2Cc3ccc(CN4CCC5(CC4)OCCO5)cc3C2)c(OCc2ccccc2)cc1OCc1ccccc1. The molecule has 0 atom stereocenters. The van der Waals surface area contributed by atoms with Crippen LogP contribution < -0.4 is 9.47 Å². The lowest BCUT2D eigenvalue weighted by atomic mass is 9.98. The Labute approximate surface area is 278 Å². The average Bonchev–Trinajstić information content (AvgIpc) is 3.75. The minimum atomic E-state index is -0.360. The third-order valence-corrected chi connectivity index (χ3v) is 9.56. The van der Waals surface area contributed by atoms with E-state index in [-0.39, 0.29) is 17.6 Å². The number of hydrogen-bond acceptors (Lipinski definition) is 6. The highest BCUT2D eigenvalue weighted by Gasteiger charge is 2.39. The van der Waals surface area contributed by atoms with Crippen molar-refractivity contribution in [3.05, 3.63) is 130 Å². The topological polar surface area (TPSA) is 60.5 Å². The van der Waals surface area contributed by atoms with Gasteiger partial charge in [-0.1, -0.05) is 92.7 Å². The maximum atomic E-state index is 14.3. The van der Waals surface area contributed by atoms with E-state index in [1.807, 2.05) is 65.6 Å². The van der Waals surface area contributed by atoms with Gasteiger partial charge in [-0.15, -0.1) is 0 Å². The summed E-state index contributed by atoms with van der Waals surface area (Å²) in [7, 11) is 0. The molecule has 2 saturated heterocycles. The first-order valence-electron chi connectivity index (χ1n) is 16.9. The maximum Gasteiger partial charge on any atom is 0.258 e. The third kappa shape index (κ3) is 7.23. The van der Waals surface area contributed by atoms with Crippen LogP contribution in [0.15, 0.2) is 91.0 Å². The molecule has 47 heavy (non-hydrogen) atoms. The lowest BCUT2D eigenvalue weighted by Gasteiger charge is -2.37. The molecular weight excluding hydrogens is 588 g/mol. The summed E-state index contributed by atoms with van der Waals surface area (Å²) in [6.07, 6.45) is 1.81. The van der Waals surface area contributed by atoms with Crippen LogP contribution in [0.2, 0.25) is 0 Å². The molecule has 4 aromatic rings. The third-order valence-electron chi connectivity index (χ3n) is 9.56. The second-order valence-corrected chi connectivity index (χ2v) is 13.2. The van der Waals surface area contributed by atoms with Crippen molar-refractivity contribution in [1.82, 2.24) is 9.80 Å². The summed E-state index contributed by atoms with van der Waals surface area (Å²) in [5.41, 5.74) is 7.38. The van der Waals surface area contributed by atoms with Gasteiger partial charge in [0.05, 0.1) is 18.8 Å². The van der Waals surface area contributed by atoms with E-state index in [1.54, 1.807) is 0 Å². The Hall–Kier alpha value is -4.17. The highest BCUT2D eigenvalue weighted by atomic mass is 16.7. The van der Waals surface area contributed by atoms with Gasteiger partial charge in [0.15, 0.2) is 5.79 Å². The van der Waals surface area contributed by atoms with Gasteiger partial charge in [0.25, 0.3) is 5.91 Å². The molecule has 7 nitrogen and oxygen atoms in total. The van der Waals surface area contributed by atoms with Crippen LogP contribution >= 0.6 is 0 Å². The van der Waals surface area contributed by atoms with Crippen molar-refractivity contribution in [2.45, 2.75) is 71.2 Å². The monoisotopic (exact) mass is 632 g/mol. The van der Waals surface area contributed by atoms with E-state index < -0.39 is 0 Å². The molecule has 0 aliphatic carbocycles. The molecule has 4 aromatic carbocycles. The molecule has 2 fully saturated rings.